The predicted molar refractivity (Wildman–Crippen MR) is 77.4 cm³/mol. The van der Waals surface area contributed by atoms with Crippen LogP contribution in [0.15, 0.2) is 30.3 Å². The van der Waals surface area contributed by atoms with Gasteiger partial charge in [-0.3, -0.25) is 4.79 Å². The zero-order valence-corrected chi connectivity index (χ0v) is 12.2. The number of aliphatic carboxylic acids is 1. The molecule has 0 heterocycles. The predicted octanol–water partition coefficient (Wildman–Crippen LogP) is 2.42. The van der Waals surface area contributed by atoms with E-state index in [1.165, 1.54) is 4.90 Å². The van der Waals surface area contributed by atoms with Crippen molar-refractivity contribution in [3.8, 4) is 0 Å². The van der Waals surface area contributed by atoms with E-state index < -0.39 is 5.97 Å². The molecule has 0 radical (unpaired) electrons. The first-order valence-corrected chi connectivity index (χ1v) is 6.69. The normalized spacial score (nSPS) is 10.4. The molecule has 1 N–H and O–H groups in total. The molecule has 5 nitrogen and oxygen atoms in total. The Bertz CT molecular complexity index is 446. The second-order valence-electron chi connectivity index (χ2n) is 5.06. The Labute approximate surface area is 119 Å². The molecule has 0 fully saturated rings. The van der Waals surface area contributed by atoms with Gasteiger partial charge in [-0.05, 0) is 19.4 Å². The quantitative estimate of drug-likeness (QED) is 0.869. The molecule has 0 aliphatic rings. The number of carboxylic acids is 1. The SMILES string of the molecule is CC(C)N(Cc1ccccc1)C(=O)N(C)CCC(=O)O. The van der Waals surface area contributed by atoms with Crippen LogP contribution in [0.2, 0.25) is 0 Å². The van der Waals surface area contributed by atoms with Gasteiger partial charge < -0.3 is 14.9 Å². The number of urea groups is 1. The number of hydrogen-bond acceptors (Lipinski definition) is 2. The van der Waals surface area contributed by atoms with Crippen LogP contribution in [-0.2, 0) is 11.3 Å². The number of hydrogen-bond donors (Lipinski definition) is 1. The maximum atomic E-state index is 12.4. The van der Waals surface area contributed by atoms with Crippen molar-refractivity contribution in [3.63, 3.8) is 0 Å². The highest BCUT2D eigenvalue weighted by Gasteiger charge is 2.21. The third kappa shape index (κ3) is 4.91. The third-order valence-corrected chi connectivity index (χ3v) is 3.05. The van der Waals surface area contributed by atoms with Crippen LogP contribution < -0.4 is 0 Å². The Morgan fingerprint density at radius 3 is 2.30 bits per heavy atom. The Morgan fingerprint density at radius 2 is 1.80 bits per heavy atom. The van der Waals surface area contributed by atoms with Crippen molar-refractivity contribution in [2.45, 2.75) is 32.9 Å². The fourth-order valence-corrected chi connectivity index (χ4v) is 1.83. The van der Waals surface area contributed by atoms with E-state index in [1.807, 2.05) is 44.2 Å². The second-order valence-corrected chi connectivity index (χ2v) is 5.06. The van der Waals surface area contributed by atoms with Crippen LogP contribution in [0, 0.1) is 0 Å². The van der Waals surface area contributed by atoms with Gasteiger partial charge in [0.2, 0.25) is 0 Å². The highest BCUT2D eigenvalue weighted by Crippen LogP contribution is 2.11. The second kappa shape index (κ2) is 7.53. The summed E-state index contributed by atoms with van der Waals surface area (Å²) in [5.41, 5.74) is 1.06. The molecule has 0 aliphatic carbocycles. The molecule has 0 aromatic heterocycles. The summed E-state index contributed by atoms with van der Waals surface area (Å²) >= 11 is 0. The lowest BCUT2D eigenvalue weighted by molar-refractivity contribution is -0.137. The molecule has 1 aromatic rings. The van der Waals surface area contributed by atoms with Gasteiger partial charge in [-0.1, -0.05) is 30.3 Å². The van der Waals surface area contributed by atoms with Gasteiger partial charge in [0.1, 0.15) is 0 Å². The first-order valence-electron chi connectivity index (χ1n) is 6.69. The van der Waals surface area contributed by atoms with E-state index in [2.05, 4.69) is 0 Å². The molecule has 5 heteroatoms. The topological polar surface area (TPSA) is 60.9 Å². The van der Waals surface area contributed by atoms with E-state index in [0.29, 0.717) is 6.54 Å². The maximum Gasteiger partial charge on any atom is 0.320 e. The molecule has 1 aromatic carbocycles. The number of carboxylic acid groups (broad SMARTS) is 1. The summed E-state index contributed by atoms with van der Waals surface area (Å²) in [6, 6.07) is 9.66. The zero-order chi connectivity index (χ0) is 15.1. The molecule has 0 aliphatic heterocycles. The van der Waals surface area contributed by atoms with E-state index >= 15 is 0 Å². The maximum absolute atomic E-state index is 12.4. The van der Waals surface area contributed by atoms with Crippen molar-refractivity contribution >= 4 is 12.0 Å². The van der Waals surface area contributed by atoms with Gasteiger partial charge in [0.25, 0.3) is 0 Å². The minimum Gasteiger partial charge on any atom is -0.481 e. The summed E-state index contributed by atoms with van der Waals surface area (Å²) in [6.45, 7) is 4.64. The van der Waals surface area contributed by atoms with Gasteiger partial charge in [-0.15, -0.1) is 0 Å². The Morgan fingerprint density at radius 1 is 1.20 bits per heavy atom. The first-order chi connectivity index (χ1) is 9.41. The summed E-state index contributed by atoms with van der Waals surface area (Å²) in [7, 11) is 1.63. The highest BCUT2D eigenvalue weighted by atomic mass is 16.4. The summed E-state index contributed by atoms with van der Waals surface area (Å²) in [5, 5.41) is 8.68. The van der Waals surface area contributed by atoms with Crippen LogP contribution in [-0.4, -0.2) is 46.5 Å². The molecule has 0 saturated carbocycles. The smallest absolute Gasteiger partial charge is 0.320 e. The number of amides is 2. The van der Waals surface area contributed by atoms with Crippen molar-refractivity contribution in [1.82, 2.24) is 9.80 Å². The number of carbonyl (C=O) groups excluding carboxylic acids is 1. The van der Waals surface area contributed by atoms with E-state index in [9.17, 15) is 9.59 Å². The van der Waals surface area contributed by atoms with Crippen molar-refractivity contribution < 1.29 is 14.7 Å². The van der Waals surface area contributed by atoms with Crippen LogP contribution in [0.5, 0.6) is 0 Å². The molecule has 0 spiro atoms. The van der Waals surface area contributed by atoms with Gasteiger partial charge >= 0.3 is 12.0 Å². The Balaban J connectivity index is 2.70. The number of nitrogens with zero attached hydrogens (tertiary/aromatic N) is 2. The molecule has 0 unspecified atom stereocenters. The molecule has 0 atom stereocenters. The monoisotopic (exact) mass is 278 g/mol. The zero-order valence-electron chi connectivity index (χ0n) is 12.2. The summed E-state index contributed by atoms with van der Waals surface area (Å²) in [5.74, 6) is -0.899. The first kappa shape index (κ1) is 16.0. The molecule has 110 valence electrons. The molecule has 0 saturated heterocycles. The van der Waals surface area contributed by atoms with Crippen molar-refractivity contribution in [3.05, 3.63) is 35.9 Å². The lowest BCUT2D eigenvalue weighted by Gasteiger charge is -2.31. The Kier molecular flexibility index (Phi) is 6.03. The van der Waals surface area contributed by atoms with E-state index in [4.69, 9.17) is 5.11 Å². The van der Waals surface area contributed by atoms with Crippen LogP contribution in [0.4, 0.5) is 4.79 Å². The number of carbonyl (C=O) groups is 2. The molecule has 20 heavy (non-hydrogen) atoms. The fourth-order valence-electron chi connectivity index (χ4n) is 1.83. The lowest BCUT2D eigenvalue weighted by atomic mass is 10.2. The molecular formula is C15H22N2O3. The molecule has 0 bridgehead atoms. The summed E-state index contributed by atoms with van der Waals surface area (Å²) in [4.78, 5) is 26.1. The summed E-state index contributed by atoms with van der Waals surface area (Å²) in [6.07, 6.45) is -0.0422. The van der Waals surface area contributed by atoms with Gasteiger partial charge in [-0.2, -0.15) is 0 Å². The lowest BCUT2D eigenvalue weighted by Crippen LogP contribution is -2.44. The fraction of sp³-hybridized carbons (Fsp3) is 0.467. The van der Waals surface area contributed by atoms with Crippen molar-refractivity contribution in [2.24, 2.45) is 0 Å². The average Bonchev–Trinajstić information content (AvgIpc) is 2.42. The number of rotatable bonds is 6. The minimum atomic E-state index is -0.899. The average molecular weight is 278 g/mol. The highest BCUT2D eigenvalue weighted by molar-refractivity contribution is 5.75. The standard InChI is InChI=1S/C15H22N2O3/c1-12(2)17(11-13-7-5-4-6-8-13)15(20)16(3)10-9-14(18)19/h4-8,12H,9-11H2,1-3H3,(H,18,19). The van der Waals surface area contributed by atoms with Gasteiger partial charge in [-0.25, -0.2) is 4.79 Å². The Hall–Kier alpha value is -2.04. The van der Waals surface area contributed by atoms with Crippen molar-refractivity contribution in [1.29, 1.82) is 0 Å². The van der Waals surface area contributed by atoms with E-state index in [-0.39, 0.29) is 25.0 Å². The summed E-state index contributed by atoms with van der Waals surface area (Å²) < 4.78 is 0. The minimum absolute atomic E-state index is 0.0422. The third-order valence-electron chi connectivity index (χ3n) is 3.05. The largest absolute Gasteiger partial charge is 0.481 e. The van der Waals surface area contributed by atoms with Crippen LogP contribution in [0.25, 0.3) is 0 Å². The van der Waals surface area contributed by atoms with E-state index in [1.54, 1.807) is 11.9 Å². The molecule has 2 amide bonds. The molecule has 1 rings (SSSR count). The molecular weight excluding hydrogens is 256 g/mol. The van der Waals surface area contributed by atoms with Gasteiger partial charge in [0.05, 0.1) is 6.42 Å². The van der Waals surface area contributed by atoms with Gasteiger partial charge in [0.15, 0.2) is 0 Å². The van der Waals surface area contributed by atoms with Gasteiger partial charge in [0, 0.05) is 26.2 Å². The van der Waals surface area contributed by atoms with E-state index in [0.717, 1.165) is 5.56 Å². The van der Waals surface area contributed by atoms with Crippen LogP contribution in [0.3, 0.4) is 0 Å². The van der Waals surface area contributed by atoms with Crippen LogP contribution in [0.1, 0.15) is 25.8 Å². The van der Waals surface area contributed by atoms with Crippen molar-refractivity contribution in [2.75, 3.05) is 13.6 Å². The number of benzene rings is 1. The van der Waals surface area contributed by atoms with Crippen LogP contribution >= 0.6 is 0 Å².